The van der Waals surface area contributed by atoms with Crippen molar-refractivity contribution in [1.29, 1.82) is 0 Å². The molecule has 0 aliphatic carbocycles. The fourth-order valence-corrected chi connectivity index (χ4v) is 9.27. The molecule has 0 saturated carbocycles. The number of phosphoric ester groups is 1. The molecule has 9 heteroatoms. The molecule has 0 spiro atoms. The number of unbranched alkanes of at least 4 members (excludes halogenated alkanes) is 34. The van der Waals surface area contributed by atoms with Crippen molar-refractivity contribution in [2.45, 2.75) is 283 Å². The second kappa shape index (κ2) is 50.4. The summed E-state index contributed by atoms with van der Waals surface area (Å²) in [4.78, 5) is 23.3. The Morgan fingerprint density at radius 3 is 1.29 bits per heavy atom. The summed E-state index contributed by atoms with van der Waals surface area (Å²) in [5.41, 5.74) is 0. The average molecular weight is 979 g/mol. The van der Waals surface area contributed by atoms with Crippen molar-refractivity contribution in [2.24, 2.45) is 0 Å². The van der Waals surface area contributed by atoms with Crippen LogP contribution in [0.25, 0.3) is 0 Å². The lowest BCUT2D eigenvalue weighted by Gasteiger charge is -2.25. The first-order valence-corrected chi connectivity index (χ1v) is 30.5. The molecule has 8 nitrogen and oxygen atoms in total. The second-order valence-electron chi connectivity index (χ2n) is 21.0. The van der Waals surface area contributed by atoms with Crippen LogP contribution in [0.4, 0.5) is 0 Å². The van der Waals surface area contributed by atoms with Crippen molar-refractivity contribution in [3.8, 4) is 0 Å². The van der Waals surface area contributed by atoms with Crippen LogP contribution in [0.15, 0.2) is 48.6 Å². The number of aliphatic hydroxyl groups is 1. The lowest BCUT2D eigenvalue weighted by atomic mass is 10.0. The molecule has 68 heavy (non-hydrogen) atoms. The van der Waals surface area contributed by atoms with E-state index in [2.05, 4.69) is 55.6 Å². The van der Waals surface area contributed by atoms with Crippen LogP contribution in [0.5, 0.6) is 0 Å². The Kier molecular flexibility index (Phi) is 49.3. The highest BCUT2D eigenvalue weighted by Crippen LogP contribution is 2.43. The van der Waals surface area contributed by atoms with E-state index in [4.69, 9.17) is 9.05 Å². The van der Waals surface area contributed by atoms with E-state index in [1.54, 1.807) is 6.08 Å². The van der Waals surface area contributed by atoms with Gasteiger partial charge in [0.05, 0.1) is 39.9 Å². The molecule has 0 aromatic carbocycles. The Morgan fingerprint density at radius 2 is 0.882 bits per heavy atom. The number of nitrogens with one attached hydrogen (secondary N) is 1. The third-order valence-corrected chi connectivity index (χ3v) is 14.0. The Morgan fingerprint density at radius 1 is 0.515 bits per heavy atom. The Hall–Kier alpha value is -1.54. The van der Waals surface area contributed by atoms with Gasteiger partial charge in [-0.2, -0.15) is 0 Å². The fraction of sp³-hybridized carbons (Fsp3) is 0.847. The third-order valence-electron chi connectivity index (χ3n) is 13.1. The minimum atomic E-state index is -4.35. The van der Waals surface area contributed by atoms with Crippen molar-refractivity contribution >= 4 is 13.7 Å². The summed E-state index contributed by atoms with van der Waals surface area (Å²) in [7, 11) is 1.57. The summed E-state index contributed by atoms with van der Waals surface area (Å²) >= 11 is 0. The molecule has 0 heterocycles. The number of allylic oxidation sites excluding steroid dienone is 7. The molecule has 3 N–H and O–H groups in total. The largest absolute Gasteiger partial charge is 0.472 e. The van der Waals surface area contributed by atoms with Gasteiger partial charge in [-0.1, -0.05) is 262 Å². The number of hydrogen-bond donors (Lipinski definition) is 3. The van der Waals surface area contributed by atoms with Gasteiger partial charge in [-0.25, -0.2) is 4.57 Å². The smallest absolute Gasteiger partial charge is 0.387 e. The maximum atomic E-state index is 13.0. The second-order valence-corrected chi connectivity index (χ2v) is 22.4. The van der Waals surface area contributed by atoms with Gasteiger partial charge in [0.25, 0.3) is 0 Å². The highest BCUT2D eigenvalue weighted by molar-refractivity contribution is 7.47. The monoisotopic (exact) mass is 978 g/mol. The van der Waals surface area contributed by atoms with Gasteiger partial charge in [-0.05, 0) is 51.4 Å². The topological polar surface area (TPSA) is 105 Å². The molecule has 0 fully saturated rings. The normalized spacial score (nSPS) is 14.3. The van der Waals surface area contributed by atoms with Crippen molar-refractivity contribution < 1.29 is 32.9 Å². The number of quaternary nitrogens is 1. The summed E-state index contributed by atoms with van der Waals surface area (Å²) in [6.07, 6.45) is 66.5. The number of amides is 1. The van der Waals surface area contributed by atoms with Gasteiger partial charge in [0.1, 0.15) is 13.2 Å². The molecule has 0 aliphatic rings. The molecule has 3 unspecified atom stereocenters. The van der Waals surface area contributed by atoms with Crippen LogP contribution in [-0.2, 0) is 18.4 Å². The Labute approximate surface area is 422 Å². The van der Waals surface area contributed by atoms with Crippen LogP contribution >= 0.6 is 7.82 Å². The minimum Gasteiger partial charge on any atom is -0.387 e. The maximum Gasteiger partial charge on any atom is 0.472 e. The predicted molar refractivity (Wildman–Crippen MR) is 295 cm³/mol. The van der Waals surface area contributed by atoms with Gasteiger partial charge in [-0.3, -0.25) is 13.8 Å². The summed E-state index contributed by atoms with van der Waals surface area (Å²) in [6, 6.07) is -0.854. The van der Waals surface area contributed by atoms with Gasteiger partial charge in [0.15, 0.2) is 0 Å². The van der Waals surface area contributed by atoms with Crippen LogP contribution in [0.1, 0.15) is 271 Å². The zero-order valence-electron chi connectivity index (χ0n) is 45.6. The predicted octanol–water partition coefficient (Wildman–Crippen LogP) is 17.5. The van der Waals surface area contributed by atoms with Crippen LogP contribution in [0.2, 0.25) is 0 Å². The molecule has 0 rings (SSSR count). The molecule has 0 bridgehead atoms. The highest BCUT2D eigenvalue weighted by atomic mass is 31.2. The van der Waals surface area contributed by atoms with Crippen molar-refractivity contribution in [3.63, 3.8) is 0 Å². The molecule has 3 atom stereocenters. The number of hydrogen-bond acceptors (Lipinski definition) is 5. The summed E-state index contributed by atoms with van der Waals surface area (Å²) in [5, 5.41) is 13.9. The van der Waals surface area contributed by atoms with Gasteiger partial charge in [0, 0.05) is 6.42 Å². The zero-order valence-corrected chi connectivity index (χ0v) is 46.5. The van der Waals surface area contributed by atoms with Crippen molar-refractivity contribution in [2.75, 3.05) is 40.9 Å². The lowest BCUT2D eigenvalue weighted by Crippen LogP contribution is -2.45. The molecule has 0 aromatic rings. The number of carbonyl (C=O) groups is 1. The maximum absolute atomic E-state index is 13.0. The van der Waals surface area contributed by atoms with Gasteiger partial charge < -0.3 is 19.8 Å². The van der Waals surface area contributed by atoms with Crippen LogP contribution in [0, 0.1) is 0 Å². The minimum absolute atomic E-state index is 0.0584. The molecule has 0 aliphatic heterocycles. The summed E-state index contributed by atoms with van der Waals surface area (Å²) < 4.78 is 23.7. The third kappa shape index (κ3) is 52.3. The first-order chi connectivity index (χ1) is 33.0. The quantitative estimate of drug-likeness (QED) is 0.0243. The standard InChI is InChI=1S/C59H113N2O6P/c1-6-8-10-12-14-16-18-20-22-24-25-26-27-28-29-30-31-32-33-34-35-37-38-40-42-44-46-48-50-52-58(62)57(56-67-68(64,65)66-55-54-61(3,4)5)60-59(63)53-51-49-47-45-43-41-39-36-23-21-19-17-15-13-11-9-7-2/h9,11,15,17,21,23,50,52,57-58,62H,6-8,10,12-14,16,18-20,22,24-49,51,53-56H2,1-5H3,(H-,60,63,64,65)/p+1/b11-9-,17-15-,23-21-,52-50+. The average Bonchev–Trinajstić information content (AvgIpc) is 3.30. The summed E-state index contributed by atoms with van der Waals surface area (Å²) in [5.74, 6) is -0.186. The SMILES string of the molecule is CC/C=C\C/C=C\C/C=C\CCCCCCCCCC(=O)NC(COP(=O)(O)OCC[N+](C)(C)C)C(O)/C=C/CCCCCCCCCCCCCCCCCCCCCCCCCCCCC. The van der Waals surface area contributed by atoms with Crippen LogP contribution in [-0.4, -0.2) is 73.4 Å². The molecule has 0 saturated heterocycles. The number of nitrogens with zero attached hydrogens (tertiary/aromatic N) is 1. The van der Waals surface area contributed by atoms with Gasteiger partial charge in [-0.15, -0.1) is 0 Å². The first-order valence-electron chi connectivity index (χ1n) is 29.0. The van der Waals surface area contributed by atoms with E-state index in [0.717, 1.165) is 64.2 Å². The molecule has 400 valence electrons. The zero-order chi connectivity index (χ0) is 49.9. The van der Waals surface area contributed by atoms with E-state index in [0.29, 0.717) is 17.4 Å². The van der Waals surface area contributed by atoms with Crippen LogP contribution < -0.4 is 5.32 Å². The lowest BCUT2D eigenvalue weighted by molar-refractivity contribution is -0.870. The van der Waals surface area contributed by atoms with Crippen LogP contribution in [0.3, 0.4) is 0 Å². The van der Waals surface area contributed by atoms with Gasteiger partial charge >= 0.3 is 7.82 Å². The van der Waals surface area contributed by atoms with Crippen molar-refractivity contribution in [1.82, 2.24) is 5.32 Å². The highest BCUT2D eigenvalue weighted by Gasteiger charge is 2.27. The number of aliphatic hydroxyl groups excluding tert-OH is 1. The van der Waals surface area contributed by atoms with E-state index >= 15 is 0 Å². The number of carbonyl (C=O) groups excluding carboxylic acids is 1. The molecule has 0 radical (unpaired) electrons. The Bertz CT molecular complexity index is 1250. The molecule has 1 amide bonds. The summed E-state index contributed by atoms with van der Waals surface area (Å²) in [6.45, 7) is 4.72. The molecular weight excluding hydrogens is 864 g/mol. The van der Waals surface area contributed by atoms with E-state index in [9.17, 15) is 19.4 Å². The fourth-order valence-electron chi connectivity index (χ4n) is 8.53. The Balaban J connectivity index is 4.15. The number of likely N-dealkylation sites (N-methyl/N-ethyl adjacent to an activating group) is 1. The van der Waals surface area contributed by atoms with E-state index in [1.807, 2.05) is 27.2 Å². The molecule has 0 aromatic heterocycles. The number of rotatable bonds is 53. The molecular formula is C59H114N2O6P+. The first kappa shape index (κ1) is 66.5. The van der Waals surface area contributed by atoms with Crippen molar-refractivity contribution in [3.05, 3.63) is 48.6 Å². The van der Waals surface area contributed by atoms with E-state index < -0.39 is 20.0 Å². The van der Waals surface area contributed by atoms with Gasteiger partial charge in [0.2, 0.25) is 5.91 Å². The van der Waals surface area contributed by atoms with E-state index in [1.165, 1.54) is 186 Å². The number of phosphoric acid groups is 1. The van der Waals surface area contributed by atoms with E-state index in [-0.39, 0.29) is 19.1 Å².